The van der Waals surface area contributed by atoms with Crippen molar-refractivity contribution in [3.8, 4) is 0 Å². The van der Waals surface area contributed by atoms with Gasteiger partial charge in [-0.15, -0.1) is 0 Å². The molecule has 25 heavy (non-hydrogen) atoms. The van der Waals surface area contributed by atoms with Gasteiger partial charge in [-0.1, -0.05) is 47.0 Å². The third-order valence-corrected chi connectivity index (χ3v) is 9.63. The van der Waals surface area contributed by atoms with Crippen LogP contribution in [-0.4, -0.2) is 43.8 Å². The highest BCUT2D eigenvalue weighted by Crippen LogP contribution is 2.61. The average molecular weight is 382 g/mol. The molecule has 1 atom stereocenters. The van der Waals surface area contributed by atoms with E-state index in [1.54, 1.807) is 6.92 Å². The Morgan fingerprint density at radius 2 is 1.36 bits per heavy atom. The third kappa shape index (κ3) is 15.7. The molecule has 3 nitrogen and oxygen atoms in total. The Bertz CT molecular complexity index is 279. The van der Waals surface area contributed by atoms with E-state index in [0.29, 0.717) is 12.5 Å². The number of carbonyl (C=O) groups excluding carboxylic acids is 1. The Morgan fingerprint density at radius 1 is 0.920 bits per heavy atom. The van der Waals surface area contributed by atoms with E-state index in [0.717, 1.165) is 0 Å². The molecule has 0 saturated carbocycles. The molecule has 0 amide bonds. The van der Waals surface area contributed by atoms with E-state index in [1.807, 2.05) is 7.11 Å². The molecule has 0 N–H and O–H groups in total. The Hall–Kier alpha value is -0.210. The highest BCUT2D eigenvalue weighted by atomic mass is 31.2. The van der Waals surface area contributed by atoms with Crippen molar-refractivity contribution in [1.82, 2.24) is 0 Å². The Kier molecular flexibility index (Phi) is 20.1. The Labute approximate surface area is 156 Å². The first-order chi connectivity index (χ1) is 11.9. The van der Waals surface area contributed by atoms with Crippen LogP contribution in [0.2, 0.25) is 0 Å². The van der Waals surface area contributed by atoms with Gasteiger partial charge in [0.25, 0.3) is 0 Å². The topological polar surface area (TPSA) is 35.5 Å². The van der Waals surface area contributed by atoms with Crippen LogP contribution >= 0.6 is 7.26 Å². The molecule has 0 aliphatic rings. The molecular weight excluding hydrogens is 338 g/mol. The number of unbranched alkanes of at least 4 members (excludes halogenated alkanes) is 3. The van der Waals surface area contributed by atoms with Crippen LogP contribution in [0.25, 0.3) is 0 Å². The molecule has 0 aliphatic carbocycles. The second kappa shape index (κ2) is 18.6. The smallest absolute Gasteiger partial charge is 0.348 e. The zero-order chi connectivity index (χ0) is 19.6. The van der Waals surface area contributed by atoms with Crippen LogP contribution in [0.15, 0.2) is 0 Å². The summed E-state index contributed by atoms with van der Waals surface area (Å²) in [4.78, 5) is 12.7. The molecule has 0 radical (unpaired) electrons. The second-order valence-electron chi connectivity index (χ2n) is 7.00. The summed E-state index contributed by atoms with van der Waals surface area (Å²) >= 11 is 0. The summed E-state index contributed by atoms with van der Waals surface area (Å²) in [7, 11) is 1.13. The normalized spacial score (nSPS) is 12.3. The molecule has 0 aliphatic heterocycles. The summed E-state index contributed by atoms with van der Waals surface area (Å²) in [6.45, 7) is 11.0. The highest BCUT2D eigenvalue weighted by molar-refractivity contribution is 7.75. The van der Waals surface area contributed by atoms with Crippen LogP contribution in [0, 0.1) is 0 Å². The largest absolute Gasteiger partial charge is 0.378 e. The number of halogens is 1. The van der Waals surface area contributed by atoms with Crippen LogP contribution in [0.4, 0.5) is 4.53 Å². The number of rotatable bonds is 14. The van der Waals surface area contributed by atoms with Gasteiger partial charge >= 0.3 is 5.97 Å². The third-order valence-electron chi connectivity index (χ3n) is 4.54. The van der Waals surface area contributed by atoms with Crippen LogP contribution in [0.3, 0.4) is 0 Å². The number of hydrogen-bond donors (Lipinski definition) is 0. The molecule has 0 aromatic rings. The molecule has 0 saturated heterocycles. The van der Waals surface area contributed by atoms with Gasteiger partial charge in [0, 0.05) is 25.3 Å². The van der Waals surface area contributed by atoms with E-state index in [2.05, 4.69) is 32.6 Å². The SMILES string of the molecule is CCCC(=O)OF.CCCC[P+](CCCC)(CCCC)CC(C)OC. The average Bonchev–Trinajstić information content (AvgIpc) is 2.63. The molecule has 0 fully saturated rings. The van der Waals surface area contributed by atoms with Crippen molar-refractivity contribution < 1.29 is 19.0 Å². The van der Waals surface area contributed by atoms with Crippen LogP contribution < -0.4 is 0 Å². The van der Waals surface area contributed by atoms with Gasteiger partial charge in [0.2, 0.25) is 0 Å². The molecule has 0 rings (SSSR count). The summed E-state index contributed by atoms with van der Waals surface area (Å²) in [5, 5.41) is 0. The maximum atomic E-state index is 10.7. The molecule has 152 valence electrons. The van der Waals surface area contributed by atoms with Gasteiger partial charge in [-0.2, -0.15) is 0 Å². The van der Waals surface area contributed by atoms with Crippen LogP contribution in [0.1, 0.15) is 86.0 Å². The fraction of sp³-hybridized carbons (Fsp3) is 0.950. The maximum absolute atomic E-state index is 10.7. The first-order valence-corrected chi connectivity index (χ1v) is 12.7. The summed E-state index contributed by atoms with van der Waals surface area (Å²) in [6.07, 6.45) is 15.5. The van der Waals surface area contributed by atoms with Crippen molar-refractivity contribution >= 4 is 13.2 Å². The van der Waals surface area contributed by atoms with Crippen LogP contribution in [-0.2, 0) is 14.5 Å². The number of ether oxygens (including phenoxy) is 1. The lowest BCUT2D eigenvalue weighted by atomic mass is 10.4. The highest BCUT2D eigenvalue weighted by Gasteiger charge is 2.36. The first-order valence-electron chi connectivity index (χ1n) is 10.1. The lowest BCUT2D eigenvalue weighted by Crippen LogP contribution is -2.21. The zero-order valence-corrected chi connectivity index (χ0v) is 18.5. The minimum absolute atomic E-state index is 0.163. The number of methoxy groups -OCH3 is 1. The van der Waals surface area contributed by atoms with E-state index in [4.69, 9.17) is 4.74 Å². The van der Waals surface area contributed by atoms with Crippen molar-refractivity contribution in [3.05, 3.63) is 0 Å². The summed E-state index contributed by atoms with van der Waals surface area (Å²) in [6, 6.07) is 0. The quantitative estimate of drug-likeness (QED) is 0.316. The van der Waals surface area contributed by atoms with Gasteiger partial charge < -0.3 is 4.74 Å². The van der Waals surface area contributed by atoms with Crippen molar-refractivity contribution in [2.45, 2.75) is 92.1 Å². The van der Waals surface area contributed by atoms with Crippen molar-refractivity contribution in [1.29, 1.82) is 0 Å². The molecular formula is C20H43FO3P+. The molecule has 0 bridgehead atoms. The Morgan fingerprint density at radius 3 is 1.60 bits per heavy atom. The van der Waals surface area contributed by atoms with E-state index in [1.165, 1.54) is 63.2 Å². The number of carbonyl (C=O) groups is 1. The van der Waals surface area contributed by atoms with Gasteiger partial charge in [-0.25, -0.2) is 4.79 Å². The molecule has 0 aromatic carbocycles. The minimum atomic E-state index is -0.789. The molecule has 0 spiro atoms. The Balaban J connectivity index is 0. The van der Waals surface area contributed by atoms with Gasteiger partial charge in [0.15, 0.2) is 0 Å². The molecule has 0 aromatic heterocycles. The number of hydrogen-bond acceptors (Lipinski definition) is 3. The van der Waals surface area contributed by atoms with Gasteiger partial charge in [0.1, 0.15) is 0 Å². The molecule has 0 heterocycles. The van der Waals surface area contributed by atoms with Crippen molar-refractivity contribution in [2.75, 3.05) is 31.8 Å². The minimum Gasteiger partial charge on any atom is -0.378 e. The predicted octanol–water partition coefficient (Wildman–Crippen LogP) is 6.65. The fourth-order valence-electron chi connectivity index (χ4n) is 2.95. The summed E-state index contributed by atoms with van der Waals surface area (Å²) in [5.41, 5.74) is 0. The zero-order valence-electron chi connectivity index (χ0n) is 17.6. The maximum Gasteiger partial charge on any atom is 0.348 e. The summed E-state index contributed by atoms with van der Waals surface area (Å²) < 4.78 is 16.3. The molecule has 1 unspecified atom stereocenters. The molecule has 5 heteroatoms. The lowest BCUT2D eigenvalue weighted by molar-refractivity contribution is -0.183. The van der Waals surface area contributed by atoms with Crippen molar-refractivity contribution in [2.24, 2.45) is 0 Å². The second-order valence-corrected chi connectivity index (χ2v) is 11.4. The first kappa shape index (κ1) is 27.0. The van der Waals surface area contributed by atoms with E-state index < -0.39 is 13.2 Å². The van der Waals surface area contributed by atoms with Gasteiger partial charge in [0.05, 0.1) is 30.8 Å². The van der Waals surface area contributed by atoms with Gasteiger partial charge in [-0.05, 0) is 32.6 Å². The monoisotopic (exact) mass is 381 g/mol. The lowest BCUT2D eigenvalue weighted by Gasteiger charge is -2.30. The van der Waals surface area contributed by atoms with E-state index >= 15 is 0 Å². The van der Waals surface area contributed by atoms with Crippen LogP contribution in [0.5, 0.6) is 0 Å². The standard InChI is InChI=1S/C16H36OP.C4H7FO2/c1-6-9-12-18(13-10-7-2,14-11-8-3)15-16(4)17-5;1-2-3-4(6)7-5/h16H,6-15H2,1-5H3;2-3H2,1H3/q+1;. The predicted molar refractivity (Wildman–Crippen MR) is 110 cm³/mol. The fourth-order valence-corrected chi connectivity index (χ4v) is 8.37. The van der Waals surface area contributed by atoms with Crippen molar-refractivity contribution in [3.63, 3.8) is 0 Å². The summed E-state index contributed by atoms with van der Waals surface area (Å²) in [5.74, 6) is -0.789. The van der Waals surface area contributed by atoms with E-state index in [9.17, 15) is 9.32 Å². The van der Waals surface area contributed by atoms with Gasteiger partial charge in [-0.3, -0.25) is 4.94 Å². The van der Waals surface area contributed by atoms with E-state index in [-0.39, 0.29) is 6.42 Å².